The van der Waals surface area contributed by atoms with E-state index in [2.05, 4.69) is 52.2 Å². The molecule has 0 atom stereocenters. The zero-order valence-corrected chi connectivity index (χ0v) is 14.8. The summed E-state index contributed by atoms with van der Waals surface area (Å²) >= 11 is 1.73. The monoisotopic (exact) mass is 332 g/mol. The van der Waals surface area contributed by atoms with Crippen molar-refractivity contribution in [2.75, 3.05) is 32.4 Å². The van der Waals surface area contributed by atoms with E-state index in [9.17, 15) is 0 Å². The van der Waals surface area contributed by atoms with Crippen LogP contribution in [0.4, 0.5) is 0 Å². The van der Waals surface area contributed by atoms with Crippen molar-refractivity contribution in [3.63, 3.8) is 0 Å². The van der Waals surface area contributed by atoms with Crippen LogP contribution in [0.2, 0.25) is 0 Å². The Morgan fingerprint density at radius 3 is 2.43 bits per heavy atom. The first kappa shape index (κ1) is 16.5. The Morgan fingerprint density at radius 2 is 1.83 bits per heavy atom. The van der Waals surface area contributed by atoms with E-state index in [-0.39, 0.29) is 0 Å². The summed E-state index contributed by atoms with van der Waals surface area (Å²) < 4.78 is 5.43. The van der Waals surface area contributed by atoms with Crippen molar-refractivity contribution in [3.8, 4) is 11.4 Å². The molecule has 1 aromatic heterocycles. The van der Waals surface area contributed by atoms with Gasteiger partial charge in [0, 0.05) is 42.7 Å². The number of aromatic nitrogens is 2. The molecule has 1 aromatic carbocycles. The summed E-state index contributed by atoms with van der Waals surface area (Å²) in [5.74, 6) is 1.38. The first-order valence-electron chi connectivity index (χ1n) is 8.09. The highest BCUT2D eigenvalue weighted by molar-refractivity contribution is 7.98. The molecule has 124 valence electrons. The van der Waals surface area contributed by atoms with Gasteiger partial charge in [0.15, 0.2) is 0 Å². The Bertz CT molecular complexity index is 618. The van der Waals surface area contributed by atoms with Crippen LogP contribution < -0.4 is 0 Å². The van der Waals surface area contributed by atoms with Crippen LogP contribution in [0.15, 0.2) is 33.7 Å². The van der Waals surface area contributed by atoms with Crippen molar-refractivity contribution in [3.05, 3.63) is 30.2 Å². The molecule has 3 rings (SSSR count). The number of thioether (sulfide) groups is 1. The molecule has 6 heteroatoms. The lowest BCUT2D eigenvalue weighted by molar-refractivity contribution is 0.0960. The van der Waals surface area contributed by atoms with Gasteiger partial charge >= 0.3 is 0 Å². The average Bonchev–Trinajstić information content (AvgIpc) is 3.04. The standard InChI is InChI=1S/C17H24N4OS/c1-13(2)21-10-8-20(9-11-21)12-16-18-17(19-22-16)14-4-6-15(23-3)7-5-14/h4-7,13H,8-12H2,1-3H3. The van der Waals surface area contributed by atoms with Gasteiger partial charge in [0.2, 0.25) is 11.7 Å². The highest BCUT2D eigenvalue weighted by Crippen LogP contribution is 2.21. The lowest BCUT2D eigenvalue weighted by Crippen LogP contribution is -2.48. The summed E-state index contributed by atoms with van der Waals surface area (Å²) in [6, 6.07) is 8.88. The molecule has 0 radical (unpaired) electrons. The molecule has 1 aliphatic rings. The predicted octanol–water partition coefficient (Wildman–Crippen LogP) is 2.98. The van der Waals surface area contributed by atoms with Gasteiger partial charge in [-0.25, -0.2) is 0 Å². The molecule has 1 fully saturated rings. The summed E-state index contributed by atoms with van der Waals surface area (Å²) in [6.07, 6.45) is 2.07. The number of rotatable bonds is 5. The molecule has 0 aliphatic carbocycles. The second-order valence-electron chi connectivity index (χ2n) is 6.15. The molecule has 1 saturated heterocycles. The van der Waals surface area contributed by atoms with E-state index >= 15 is 0 Å². The highest BCUT2D eigenvalue weighted by atomic mass is 32.2. The van der Waals surface area contributed by atoms with E-state index in [4.69, 9.17) is 4.52 Å². The fourth-order valence-electron chi connectivity index (χ4n) is 2.81. The minimum absolute atomic E-state index is 0.622. The lowest BCUT2D eigenvalue weighted by atomic mass is 10.2. The SMILES string of the molecule is CSc1ccc(-c2noc(CN3CCN(C(C)C)CC3)n2)cc1. The maximum atomic E-state index is 5.43. The molecule has 2 aromatic rings. The third-order valence-electron chi connectivity index (χ3n) is 4.31. The van der Waals surface area contributed by atoms with Crippen molar-refractivity contribution in [2.24, 2.45) is 0 Å². The average molecular weight is 332 g/mol. The zero-order valence-electron chi connectivity index (χ0n) is 14.0. The Morgan fingerprint density at radius 1 is 1.13 bits per heavy atom. The van der Waals surface area contributed by atoms with Crippen LogP contribution in [0.5, 0.6) is 0 Å². The Labute approximate surface area is 142 Å². The van der Waals surface area contributed by atoms with E-state index in [1.54, 1.807) is 11.8 Å². The molecule has 0 saturated carbocycles. The van der Waals surface area contributed by atoms with Crippen LogP contribution in [0.3, 0.4) is 0 Å². The molecular weight excluding hydrogens is 308 g/mol. The molecule has 2 heterocycles. The van der Waals surface area contributed by atoms with Gasteiger partial charge in [0.1, 0.15) is 0 Å². The predicted molar refractivity (Wildman–Crippen MR) is 93.5 cm³/mol. The lowest BCUT2D eigenvalue weighted by Gasteiger charge is -2.36. The number of piperazine rings is 1. The molecule has 0 bridgehead atoms. The van der Waals surface area contributed by atoms with E-state index in [1.165, 1.54) is 4.90 Å². The molecule has 5 nitrogen and oxygen atoms in total. The fraction of sp³-hybridized carbons (Fsp3) is 0.529. The van der Waals surface area contributed by atoms with Crippen molar-refractivity contribution in [2.45, 2.75) is 31.3 Å². The van der Waals surface area contributed by atoms with Crippen LogP contribution in [-0.4, -0.2) is 58.4 Å². The third-order valence-corrected chi connectivity index (χ3v) is 5.06. The Balaban J connectivity index is 1.59. The van der Waals surface area contributed by atoms with Crippen LogP contribution in [0.25, 0.3) is 11.4 Å². The van der Waals surface area contributed by atoms with Crippen LogP contribution in [0.1, 0.15) is 19.7 Å². The summed E-state index contributed by atoms with van der Waals surface area (Å²) in [5, 5.41) is 4.12. The van der Waals surface area contributed by atoms with Gasteiger partial charge in [-0.1, -0.05) is 5.16 Å². The number of hydrogen-bond acceptors (Lipinski definition) is 6. The summed E-state index contributed by atoms with van der Waals surface area (Å²) in [4.78, 5) is 10.7. The van der Waals surface area contributed by atoms with E-state index in [1.807, 2.05) is 12.1 Å². The van der Waals surface area contributed by atoms with Gasteiger partial charge in [0.05, 0.1) is 6.54 Å². The Kier molecular flexibility index (Phi) is 5.35. The normalized spacial score (nSPS) is 17.0. The number of benzene rings is 1. The van der Waals surface area contributed by atoms with Crippen molar-refractivity contribution < 1.29 is 4.52 Å². The van der Waals surface area contributed by atoms with Crippen LogP contribution in [-0.2, 0) is 6.54 Å². The molecule has 0 unspecified atom stereocenters. The maximum absolute atomic E-state index is 5.43. The first-order valence-corrected chi connectivity index (χ1v) is 9.31. The second-order valence-corrected chi connectivity index (χ2v) is 7.03. The largest absolute Gasteiger partial charge is 0.338 e. The minimum Gasteiger partial charge on any atom is -0.338 e. The summed E-state index contributed by atoms with van der Waals surface area (Å²) in [7, 11) is 0. The van der Waals surface area contributed by atoms with Crippen molar-refractivity contribution >= 4 is 11.8 Å². The van der Waals surface area contributed by atoms with E-state index < -0.39 is 0 Å². The third kappa shape index (κ3) is 4.13. The van der Waals surface area contributed by atoms with Crippen molar-refractivity contribution in [1.29, 1.82) is 0 Å². The highest BCUT2D eigenvalue weighted by Gasteiger charge is 2.20. The fourth-order valence-corrected chi connectivity index (χ4v) is 3.21. The molecular formula is C17H24N4OS. The quantitative estimate of drug-likeness (QED) is 0.785. The van der Waals surface area contributed by atoms with E-state index in [0.29, 0.717) is 17.8 Å². The van der Waals surface area contributed by atoms with Crippen molar-refractivity contribution in [1.82, 2.24) is 19.9 Å². The van der Waals surface area contributed by atoms with Gasteiger partial charge in [-0.2, -0.15) is 4.98 Å². The first-order chi connectivity index (χ1) is 11.2. The number of nitrogens with zero attached hydrogens (tertiary/aromatic N) is 4. The van der Waals surface area contributed by atoms with Crippen LogP contribution in [0, 0.1) is 0 Å². The second kappa shape index (κ2) is 7.47. The number of hydrogen-bond donors (Lipinski definition) is 0. The molecule has 0 spiro atoms. The minimum atomic E-state index is 0.622. The molecule has 23 heavy (non-hydrogen) atoms. The zero-order chi connectivity index (χ0) is 16.2. The van der Waals surface area contributed by atoms with Gasteiger partial charge in [-0.3, -0.25) is 9.80 Å². The van der Waals surface area contributed by atoms with Gasteiger partial charge in [-0.05, 0) is 44.4 Å². The molecule has 0 N–H and O–H groups in total. The smallest absolute Gasteiger partial charge is 0.241 e. The van der Waals surface area contributed by atoms with E-state index in [0.717, 1.165) is 38.3 Å². The van der Waals surface area contributed by atoms with Crippen LogP contribution >= 0.6 is 11.8 Å². The summed E-state index contributed by atoms with van der Waals surface area (Å²) in [6.45, 7) is 9.56. The van der Waals surface area contributed by atoms with Gasteiger partial charge < -0.3 is 4.52 Å². The maximum Gasteiger partial charge on any atom is 0.241 e. The topological polar surface area (TPSA) is 45.4 Å². The Hall–Kier alpha value is -1.37. The molecule has 1 aliphatic heterocycles. The van der Waals surface area contributed by atoms with Gasteiger partial charge in [0.25, 0.3) is 0 Å². The summed E-state index contributed by atoms with van der Waals surface area (Å²) in [5.41, 5.74) is 1.00. The molecule has 0 amide bonds. The van der Waals surface area contributed by atoms with Gasteiger partial charge in [-0.15, -0.1) is 11.8 Å².